The van der Waals surface area contributed by atoms with Gasteiger partial charge >= 0.3 is 0 Å². The fourth-order valence-corrected chi connectivity index (χ4v) is 0.941. The molecule has 68 valence electrons. The van der Waals surface area contributed by atoms with E-state index in [4.69, 9.17) is 21.5 Å². The summed E-state index contributed by atoms with van der Waals surface area (Å²) in [4.78, 5) is 0. The van der Waals surface area contributed by atoms with Crippen LogP contribution in [0.3, 0.4) is 0 Å². The molecule has 1 rings (SSSR count). The van der Waals surface area contributed by atoms with Crippen molar-refractivity contribution in [3.05, 3.63) is 23.8 Å². The zero-order valence-corrected chi connectivity index (χ0v) is 7.16. The summed E-state index contributed by atoms with van der Waals surface area (Å²) in [6.45, 7) is 0.432. The molecule has 0 aliphatic heterocycles. The molecule has 0 saturated carbocycles. The van der Waals surface area contributed by atoms with Crippen molar-refractivity contribution in [1.29, 1.82) is 5.26 Å². The quantitative estimate of drug-likeness (QED) is 0.663. The number of nitriles is 1. The van der Waals surface area contributed by atoms with Crippen molar-refractivity contribution in [3.63, 3.8) is 0 Å². The fourth-order valence-electron chi connectivity index (χ4n) is 0.941. The minimum Gasteiger partial charge on any atom is -0.477 e. The summed E-state index contributed by atoms with van der Waals surface area (Å²) < 4.78 is 5.09. The first-order valence-electron chi connectivity index (χ1n) is 3.86. The third-order valence-electron chi connectivity index (χ3n) is 1.61. The van der Waals surface area contributed by atoms with E-state index in [-0.39, 0.29) is 6.61 Å². The predicted octanol–water partition coefficient (Wildman–Crippen LogP) is 0.630. The molecule has 4 nitrogen and oxygen atoms in total. The third kappa shape index (κ3) is 2.36. The van der Waals surface area contributed by atoms with Gasteiger partial charge in [0.25, 0.3) is 0 Å². The second-order valence-corrected chi connectivity index (χ2v) is 2.52. The van der Waals surface area contributed by atoms with Crippen LogP contribution in [0.5, 0.6) is 5.75 Å². The molecule has 0 bridgehead atoms. The maximum Gasteiger partial charge on any atom is 0.174 e. The SMILES string of the molecule is N#CCOc1cc(CN)ccc1N. The summed E-state index contributed by atoms with van der Waals surface area (Å²) >= 11 is 0. The van der Waals surface area contributed by atoms with Gasteiger partial charge in [-0.2, -0.15) is 5.26 Å². The first-order chi connectivity index (χ1) is 6.27. The first-order valence-corrected chi connectivity index (χ1v) is 3.86. The Morgan fingerprint density at radius 3 is 2.85 bits per heavy atom. The molecule has 0 aromatic heterocycles. The van der Waals surface area contributed by atoms with Gasteiger partial charge in [-0.15, -0.1) is 0 Å². The van der Waals surface area contributed by atoms with E-state index in [0.29, 0.717) is 18.0 Å². The van der Waals surface area contributed by atoms with Crippen LogP contribution in [-0.2, 0) is 6.54 Å². The molecule has 0 heterocycles. The molecule has 0 aliphatic carbocycles. The van der Waals surface area contributed by atoms with E-state index in [2.05, 4.69) is 0 Å². The molecule has 0 aliphatic rings. The average Bonchev–Trinajstić information content (AvgIpc) is 2.17. The Kier molecular flexibility index (Phi) is 3.12. The molecular formula is C9H11N3O. The van der Waals surface area contributed by atoms with Crippen molar-refractivity contribution < 1.29 is 4.74 Å². The number of anilines is 1. The number of nitrogen functional groups attached to an aromatic ring is 1. The minimum atomic E-state index is -0.00176. The fraction of sp³-hybridized carbons (Fsp3) is 0.222. The second-order valence-electron chi connectivity index (χ2n) is 2.52. The lowest BCUT2D eigenvalue weighted by molar-refractivity contribution is 0.370. The summed E-state index contributed by atoms with van der Waals surface area (Å²) in [5.74, 6) is 0.518. The molecule has 1 aromatic carbocycles. The van der Waals surface area contributed by atoms with E-state index in [1.807, 2.05) is 12.1 Å². The summed E-state index contributed by atoms with van der Waals surface area (Å²) in [5.41, 5.74) is 12.5. The summed E-state index contributed by atoms with van der Waals surface area (Å²) in [6, 6.07) is 7.16. The maximum absolute atomic E-state index is 8.30. The average molecular weight is 177 g/mol. The number of hydrogen-bond donors (Lipinski definition) is 2. The topological polar surface area (TPSA) is 85.1 Å². The van der Waals surface area contributed by atoms with Gasteiger partial charge in [-0.1, -0.05) is 6.07 Å². The van der Waals surface area contributed by atoms with Crippen LogP contribution in [0.2, 0.25) is 0 Å². The van der Waals surface area contributed by atoms with Gasteiger partial charge in [0.05, 0.1) is 5.69 Å². The Hall–Kier alpha value is -1.73. The van der Waals surface area contributed by atoms with Gasteiger partial charge in [-0.3, -0.25) is 0 Å². The van der Waals surface area contributed by atoms with Crippen LogP contribution in [0, 0.1) is 11.3 Å². The van der Waals surface area contributed by atoms with Crippen LogP contribution in [-0.4, -0.2) is 6.61 Å². The van der Waals surface area contributed by atoms with Crippen molar-refractivity contribution in [2.24, 2.45) is 5.73 Å². The number of ether oxygens (including phenoxy) is 1. The van der Waals surface area contributed by atoms with E-state index in [1.165, 1.54) is 0 Å². The zero-order valence-electron chi connectivity index (χ0n) is 7.16. The van der Waals surface area contributed by atoms with Gasteiger partial charge in [0.1, 0.15) is 11.8 Å². The molecule has 13 heavy (non-hydrogen) atoms. The van der Waals surface area contributed by atoms with Gasteiger partial charge in [0.2, 0.25) is 0 Å². The number of rotatable bonds is 3. The van der Waals surface area contributed by atoms with Crippen LogP contribution in [0.25, 0.3) is 0 Å². The summed E-state index contributed by atoms with van der Waals surface area (Å²) in [7, 11) is 0. The molecule has 4 N–H and O–H groups in total. The molecular weight excluding hydrogens is 166 g/mol. The number of nitrogens with two attached hydrogens (primary N) is 2. The zero-order chi connectivity index (χ0) is 9.68. The van der Waals surface area contributed by atoms with Crippen LogP contribution in [0.15, 0.2) is 18.2 Å². The second kappa shape index (κ2) is 4.33. The Morgan fingerprint density at radius 2 is 2.23 bits per heavy atom. The highest BCUT2D eigenvalue weighted by molar-refractivity contribution is 5.54. The van der Waals surface area contributed by atoms with Crippen LogP contribution in [0.4, 0.5) is 5.69 Å². The number of nitrogens with zero attached hydrogens (tertiary/aromatic N) is 1. The Balaban J connectivity index is 2.85. The first kappa shape index (κ1) is 9.36. The Bertz CT molecular complexity index is 330. The van der Waals surface area contributed by atoms with E-state index in [9.17, 15) is 0 Å². The highest BCUT2D eigenvalue weighted by Gasteiger charge is 2.00. The molecule has 0 radical (unpaired) electrons. The maximum atomic E-state index is 8.30. The van der Waals surface area contributed by atoms with Crippen molar-refractivity contribution in [2.45, 2.75) is 6.54 Å². The molecule has 0 amide bonds. The number of hydrogen-bond acceptors (Lipinski definition) is 4. The van der Waals surface area contributed by atoms with Gasteiger partial charge in [0.15, 0.2) is 6.61 Å². The van der Waals surface area contributed by atoms with Gasteiger partial charge in [-0.25, -0.2) is 0 Å². The van der Waals surface area contributed by atoms with Crippen molar-refractivity contribution in [3.8, 4) is 11.8 Å². The van der Waals surface area contributed by atoms with Crippen molar-refractivity contribution >= 4 is 5.69 Å². The monoisotopic (exact) mass is 177 g/mol. The van der Waals surface area contributed by atoms with Gasteiger partial charge in [-0.05, 0) is 17.7 Å². The Morgan fingerprint density at radius 1 is 1.46 bits per heavy atom. The Labute approximate surface area is 76.7 Å². The molecule has 0 saturated heterocycles. The van der Waals surface area contributed by atoms with E-state index in [1.54, 1.807) is 12.1 Å². The predicted molar refractivity (Wildman–Crippen MR) is 49.9 cm³/mol. The lowest BCUT2D eigenvalue weighted by Crippen LogP contribution is -2.01. The van der Waals surface area contributed by atoms with Crippen LogP contribution < -0.4 is 16.2 Å². The smallest absolute Gasteiger partial charge is 0.174 e. The normalized spacial score (nSPS) is 9.23. The highest BCUT2D eigenvalue weighted by atomic mass is 16.5. The molecule has 0 atom stereocenters. The number of benzene rings is 1. The van der Waals surface area contributed by atoms with E-state index >= 15 is 0 Å². The van der Waals surface area contributed by atoms with Crippen molar-refractivity contribution in [1.82, 2.24) is 0 Å². The molecule has 0 fully saturated rings. The van der Waals surface area contributed by atoms with E-state index in [0.717, 1.165) is 5.56 Å². The van der Waals surface area contributed by atoms with Gasteiger partial charge in [0, 0.05) is 6.54 Å². The lowest BCUT2D eigenvalue weighted by Gasteiger charge is -2.06. The van der Waals surface area contributed by atoms with Crippen LogP contribution >= 0.6 is 0 Å². The highest BCUT2D eigenvalue weighted by Crippen LogP contribution is 2.22. The van der Waals surface area contributed by atoms with Crippen molar-refractivity contribution in [2.75, 3.05) is 12.3 Å². The summed E-state index contributed by atoms with van der Waals surface area (Å²) in [5, 5.41) is 8.30. The lowest BCUT2D eigenvalue weighted by atomic mass is 10.2. The molecule has 4 heteroatoms. The molecule has 0 spiro atoms. The summed E-state index contributed by atoms with van der Waals surface area (Å²) in [6.07, 6.45) is 0. The minimum absolute atomic E-state index is 0.00176. The van der Waals surface area contributed by atoms with E-state index < -0.39 is 0 Å². The molecule has 0 unspecified atom stereocenters. The molecule has 1 aromatic rings. The van der Waals surface area contributed by atoms with Crippen LogP contribution in [0.1, 0.15) is 5.56 Å². The standard InChI is InChI=1S/C9H11N3O/c10-3-4-13-9-5-7(6-11)1-2-8(9)12/h1-2,5H,4,6,11-12H2. The largest absolute Gasteiger partial charge is 0.477 e. The van der Waals surface area contributed by atoms with Gasteiger partial charge < -0.3 is 16.2 Å². The third-order valence-corrected chi connectivity index (χ3v) is 1.61.